The Morgan fingerprint density at radius 2 is 2.14 bits per heavy atom. The van der Waals surface area contributed by atoms with Crippen LogP contribution in [0.4, 0.5) is 0 Å². The van der Waals surface area contributed by atoms with Gasteiger partial charge >= 0.3 is 0 Å². The van der Waals surface area contributed by atoms with Gasteiger partial charge in [0.05, 0.1) is 18.2 Å². The van der Waals surface area contributed by atoms with E-state index in [0.717, 1.165) is 5.56 Å². The molecule has 0 N–H and O–H groups in total. The average Bonchev–Trinajstić information content (AvgIpc) is 3.03. The first-order valence-corrected chi connectivity index (χ1v) is 9.21. The predicted molar refractivity (Wildman–Crippen MR) is 85.6 cm³/mol. The van der Waals surface area contributed by atoms with E-state index < -0.39 is 9.84 Å². The molecule has 0 amide bonds. The summed E-state index contributed by atoms with van der Waals surface area (Å²) < 4.78 is 30.2. The minimum atomic E-state index is -2.90. The summed E-state index contributed by atoms with van der Waals surface area (Å²) in [6, 6.07) is 9.54. The zero-order valence-electron chi connectivity index (χ0n) is 12.2. The van der Waals surface area contributed by atoms with E-state index in [1.54, 1.807) is 4.68 Å². The van der Waals surface area contributed by atoms with Crippen molar-refractivity contribution in [3.8, 4) is 11.5 Å². The SMILES string of the molecule is CN(Cn1nc(-c2ccccc2)oc1=S)C1CCS(=O)(=O)C1. The molecule has 1 atom stereocenters. The van der Waals surface area contributed by atoms with E-state index in [0.29, 0.717) is 19.0 Å². The summed E-state index contributed by atoms with van der Waals surface area (Å²) in [5, 5.41) is 4.38. The molecule has 0 radical (unpaired) electrons. The molecule has 6 nitrogen and oxygen atoms in total. The molecule has 2 aromatic rings. The Bertz CT molecular complexity index is 811. The number of sulfone groups is 1. The van der Waals surface area contributed by atoms with E-state index in [1.807, 2.05) is 42.3 Å². The van der Waals surface area contributed by atoms with Crippen LogP contribution in [0.5, 0.6) is 0 Å². The Balaban J connectivity index is 1.76. The minimum Gasteiger partial charge on any atom is -0.409 e. The third-order valence-corrected chi connectivity index (χ3v) is 5.86. The highest BCUT2D eigenvalue weighted by atomic mass is 32.2. The van der Waals surface area contributed by atoms with Crippen LogP contribution in [-0.4, -0.2) is 47.7 Å². The van der Waals surface area contributed by atoms with Crippen LogP contribution in [-0.2, 0) is 16.5 Å². The Labute approximate surface area is 134 Å². The van der Waals surface area contributed by atoms with Crippen molar-refractivity contribution in [3.63, 3.8) is 0 Å². The lowest BCUT2D eigenvalue weighted by Crippen LogP contribution is -2.34. The topological polar surface area (TPSA) is 68.3 Å². The van der Waals surface area contributed by atoms with Crippen LogP contribution in [0, 0.1) is 4.84 Å². The maximum Gasteiger partial charge on any atom is 0.288 e. The number of aromatic nitrogens is 2. The third kappa shape index (κ3) is 3.29. The van der Waals surface area contributed by atoms with Gasteiger partial charge in [-0.1, -0.05) is 18.2 Å². The summed E-state index contributed by atoms with van der Waals surface area (Å²) in [6.07, 6.45) is 0.648. The van der Waals surface area contributed by atoms with Crippen LogP contribution in [0.25, 0.3) is 11.5 Å². The Morgan fingerprint density at radius 1 is 1.41 bits per heavy atom. The zero-order chi connectivity index (χ0) is 15.7. The second kappa shape index (κ2) is 5.94. The molecule has 1 unspecified atom stereocenters. The number of hydrogen-bond donors (Lipinski definition) is 0. The number of nitrogens with zero attached hydrogens (tertiary/aromatic N) is 3. The fraction of sp³-hybridized carbons (Fsp3) is 0.429. The molecule has 8 heteroatoms. The smallest absolute Gasteiger partial charge is 0.288 e. The van der Waals surface area contributed by atoms with Gasteiger partial charge in [-0.15, -0.1) is 5.10 Å². The minimum absolute atomic E-state index is 0.00350. The van der Waals surface area contributed by atoms with E-state index in [2.05, 4.69) is 5.10 Å². The van der Waals surface area contributed by atoms with E-state index in [4.69, 9.17) is 16.6 Å². The summed E-state index contributed by atoms with van der Waals surface area (Å²) in [5.41, 5.74) is 0.860. The number of rotatable bonds is 4. The van der Waals surface area contributed by atoms with Gasteiger partial charge in [0.25, 0.3) is 4.84 Å². The fourth-order valence-corrected chi connectivity index (χ4v) is 4.53. The van der Waals surface area contributed by atoms with E-state index >= 15 is 0 Å². The molecule has 2 heterocycles. The Hall–Kier alpha value is -1.51. The molecule has 1 aliphatic heterocycles. The van der Waals surface area contributed by atoms with Gasteiger partial charge in [0.2, 0.25) is 5.89 Å². The second-order valence-corrected chi connectivity index (χ2v) is 8.07. The first-order chi connectivity index (χ1) is 10.4. The molecule has 1 aliphatic rings. The largest absolute Gasteiger partial charge is 0.409 e. The molecule has 3 rings (SSSR count). The lowest BCUT2D eigenvalue weighted by atomic mass is 10.2. The van der Waals surface area contributed by atoms with Gasteiger partial charge in [-0.3, -0.25) is 4.90 Å². The maximum absolute atomic E-state index is 11.6. The maximum atomic E-state index is 11.6. The third-order valence-electron chi connectivity index (χ3n) is 3.82. The van der Waals surface area contributed by atoms with Crippen molar-refractivity contribution in [2.24, 2.45) is 0 Å². The molecular weight excluding hydrogens is 322 g/mol. The highest BCUT2D eigenvalue weighted by Gasteiger charge is 2.30. The van der Waals surface area contributed by atoms with Crippen molar-refractivity contribution >= 4 is 22.1 Å². The standard InChI is InChI=1S/C14H17N3O3S2/c1-16(12-7-8-22(18,19)9-12)10-17-14(21)20-13(15-17)11-5-3-2-4-6-11/h2-6,12H,7-10H2,1H3. The van der Waals surface area contributed by atoms with Crippen LogP contribution in [0.3, 0.4) is 0 Å². The summed E-state index contributed by atoms with van der Waals surface area (Å²) in [4.78, 5) is 2.24. The van der Waals surface area contributed by atoms with Crippen molar-refractivity contribution in [2.45, 2.75) is 19.1 Å². The molecular formula is C14H17N3O3S2. The first kappa shape index (κ1) is 15.4. The number of hydrogen-bond acceptors (Lipinski definition) is 6. The molecule has 1 fully saturated rings. The molecule has 0 saturated carbocycles. The normalized spacial score (nSPS) is 20.5. The van der Waals surface area contributed by atoms with E-state index in [1.165, 1.54) is 0 Å². The summed E-state index contributed by atoms with van der Waals surface area (Å²) in [7, 11) is -1.02. The van der Waals surface area contributed by atoms with Crippen LogP contribution in [0.1, 0.15) is 6.42 Å². The Kier molecular flexibility index (Phi) is 4.16. The van der Waals surface area contributed by atoms with Gasteiger partial charge in [0.15, 0.2) is 9.84 Å². The quantitative estimate of drug-likeness (QED) is 0.793. The average molecular weight is 339 g/mol. The molecule has 1 saturated heterocycles. The monoisotopic (exact) mass is 339 g/mol. The summed E-state index contributed by atoms with van der Waals surface area (Å²) >= 11 is 5.20. The molecule has 1 aromatic heterocycles. The van der Waals surface area contributed by atoms with Crippen molar-refractivity contribution in [2.75, 3.05) is 18.6 Å². The Morgan fingerprint density at radius 3 is 2.77 bits per heavy atom. The summed E-state index contributed by atoms with van der Waals surface area (Å²) in [5.74, 6) is 0.917. The molecule has 0 spiro atoms. The van der Waals surface area contributed by atoms with Crippen molar-refractivity contribution in [1.82, 2.24) is 14.7 Å². The highest BCUT2D eigenvalue weighted by Crippen LogP contribution is 2.19. The van der Waals surface area contributed by atoms with Crippen molar-refractivity contribution in [1.29, 1.82) is 0 Å². The van der Waals surface area contributed by atoms with Gasteiger partial charge in [0.1, 0.15) is 0 Å². The van der Waals surface area contributed by atoms with Crippen LogP contribution < -0.4 is 0 Å². The van der Waals surface area contributed by atoms with Gasteiger partial charge in [-0.05, 0) is 37.8 Å². The molecule has 0 aliphatic carbocycles. The van der Waals surface area contributed by atoms with Gasteiger partial charge in [-0.2, -0.15) is 0 Å². The molecule has 118 valence electrons. The van der Waals surface area contributed by atoms with Crippen LogP contribution >= 0.6 is 12.2 Å². The van der Waals surface area contributed by atoms with Gasteiger partial charge < -0.3 is 4.42 Å². The van der Waals surface area contributed by atoms with Gasteiger partial charge in [0, 0.05) is 11.6 Å². The zero-order valence-corrected chi connectivity index (χ0v) is 13.8. The lowest BCUT2D eigenvalue weighted by molar-refractivity contribution is 0.194. The molecule has 1 aromatic carbocycles. The lowest BCUT2D eigenvalue weighted by Gasteiger charge is -2.22. The predicted octanol–water partition coefficient (Wildman–Crippen LogP) is 1.95. The fourth-order valence-electron chi connectivity index (χ4n) is 2.54. The second-order valence-electron chi connectivity index (χ2n) is 5.49. The van der Waals surface area contributed by atoms with Gasteiger partial charge in [-0.25, -0.2) is 13.1 Å². The van der Waals surface area contributed by atoms with Crippen LogP contribution in [0.2, 0.25) is 0 Å². The van der Waals surface area contributed by atoms with E-state index in [9.17, 15) is 8.42 Å². The van der Waals surface area contributed by atoms with Crippen LogP contribution in [0.15, 0.2) is 34.7 Å². The van der Waals surface area contributed by atoms with Crippen molar-refractivity contribution < 1.29 is 12.8 Å². The van der Waals surface area contributed by atoms with Crippen molar-refractivity contribution in [3.05, 3.63) is 35.2 Å². The first-order valence-electron chi connectivity index (χ1n) is 6.99. The van der Waals surface area contributed by atoms with E-state index in [-0.39, 0.29) is 22.4 Å². The summed E-state index contributed by atoms with van der Waals surface area (Å²) in [6.45, 7) is 0.412. The molecule has 0 bridgehead atoms. The highest BCUT2D eigenvalue weighted by molar-refractivity contribution is 7.91. The number of benzene rings is 1. The molecule has 22 heavy (non-hydrogen) atoms.